The molecule has 0 aromatic heterocycles. The molecule has 0 radical (unpaired) electrons. The lowest BCUT2D eigenvalue weighted by molar-refractivity contribution is -0.00191. The van der Waals surface area contributed by atoms with Gasteiger partial charge in [0.2, 0.25) is 0 Å². The summed E-state index contributed by atoms with van der Waals surface area (Å²) in [5, 5.41) is 20.2. The molecule has 12 rings (SSSR count). The SMILES string of the molecule is CC.CC.CC.CC.CC.CC.CC.CC.CC.CC.CC.CC(C)C1CC2(CCNCC2)C1.CC(C)C1CCCNC1.CC(C)C1CCCO1.CC(C)C1CCNC1.CC(C)C1CCNCC1.CC(C)C1CCOCC1.CC(C)C1CNC1.CC(C)N1CCCC1.CC(C)N1CCCCC1.CC(C)N1CCNCC1.CC(C)N1CCOCC1. The standard InChI is InChI=1S/C11H21N.3C8H17N.C8H16O.C7H16N2.C7H15NO.2C7H15N.C7H14O.C6H13N.11C2H6/c1-9(2)10-7-11(8-10)3-5-12-6-4-11;1-7(2)8-3-5-9-6-4-8;1-7(2)8-4-3-5-9-6-8;1-8(2)9-6-4-3-5-7-9;1-7(2)8-3-5-9-6-4-8;1-7(2)9-5-3-8-4-6-9;1-7(2)8-3-5-9-6-4-8;1-6(2)7-3-4-8-5-7;1-7(2)8-5-3-4-6-8;1-6(2)7-4-3-5-8-7;1-5(2)6-3-7-4-6;11*1-2/h9-10,12H,3-8H2,1-2H3;2*7-9H,3-6H2,1-2H3;8H,3-7H2,1-2H3;2*7-8H,3-6H2,1-2H3;7H,3-6H2,1-2H3;6-8H,3-5H2,1-2H3;7H,3-6H2,1-2H3;6-7H,3-5H2,1-2H3;5-7H,3-4H2,1-2H3;11*1-2H3. The lowest BCUT2D eigenvalue weighted by Crippen LogP contribution is -2.46. The second kappa shape index (κ2) is 105. The highest BCUT2D eigenvalue weighted by atomic mass is 16.5. The van der Waals surface area contributed by atoms with Crippen LogP contribution in [0, 0.1) is 82.3 Å². The first-order valence-corrected chi connectivity index (χ1v) is 53.2. The molecule has 13 nitrogen and oxygen atoms in total. The first-order chi connectivity index (χ1) is 57.3. The fourth-order valence-electron chi connectivity index (χ4n) is 15.4. The third kappa shape index (κ3) is 81.7. The van der Waals surface area contributed by atoms with Crippen LogP contribution in [0.5, 0.6) is 0 Å². The summed E-state index contributed by atoms with van der Waals surface area (Å²) in [5.41, 5.74) is 0.792. The van der Waals surface area contributed by atoms with E-state index in [-0.39, 0.29) is 0 Å². The summed E-state index contributed by atoms with van der Waals surface area (Å²) >= 11 is 0. The van der Waals surface area contributed by atoms with Crippen LogP contribution in [0.3, 0.4) is 0 Å². The van der Waals surface area contributed by atoms with E-state index in [9.17, 15) is 0 Å². The number of nitrogens with one attached hydrogen (secondary N) is 6. The summed E-state index contributed by atoms with van der Waals surface area (Å²) < 4.78 is 15.9. The average Bonchev–Trinajstić information content (AvgIpc) is 1.28. The maximum Gasteiger partial charge on any atom is 0.0598 e. The first-order valence-electron chi connectivity index (χ1n) is 53.2. The van der Waals surface area contributed by atoms with Crippen molar-refractivity contribution < 1.29 is 14.2 Å². The van der Waals surface area contributed by atoms with Crippen molar-refractivity contribution in [1.82, 2.24) is 51.5 Å². The molecule has 1 saturated carbocycles. The summed E-state index contributed by atoms with van der Waals surface area (Å²) in [6, 6.07) is 2.96. The maximum absolute atomic E-state index is 5.41. The van der Waals surface area contributed by atoms with Gasteiger partial charge in [-0.2, -0.15) is 0 Å². The molecule has 1 spiro atoms. The van der Waals surface area contributed by atoms with Crippen LogP contribution in [-0.4, -0.2) is 214 Å². The number of rotatable bonds is 11. The molecule has 13 heteroatoms. The van der Waals surface area contributed by atoms with Crippen molar-refractivity contribution in [2.24, 2.45) is 82.3 Å². The Hall–Kier alpha value is -0.520. The van der Waals surface area contributed by atoms with Crippen LogP contribution < -0.4 is 31.9 Å². The van der Waals surface area contributed by atoms with Gasteiger partial charge in [-0.1, -0.05) is 256 Å². The molecule has 12 fully saturated rings. The van der Waals surface area contributed by atoms with Gasteiger partial charge in [-0.25, -0.2) is 0 Å². The van der Waals surface area contributed by atoms with E-state index in [1.165, 1.54) is 220 Å². The van der Waals surface area contributed by atoms with Crippen LogP contribution in [0.2, 0.25) is 0 Å². The summed E-state index contributed by atoms with van der Waals surface area (Å²) in [6.07, 6.45) is 25.7. The lowest BCUT2D eigenvalue weighted by Gasteiger charge is -2.52. The molecule has 734 valence electrons. The summed E-state index contributed by atoms with van der Waals surface area (Å²) in [7, 11) is 0. The number of hydrogen-bond acceptors (Lipinski definition) is 13. The van der Waals surface area contributed by atoms with E-state index >= 15 is 0 Å². The van der Waals surface area contributed by atoms with Crippen LogP contribution >= 0.6 is 0 Å². The molecule has 11 saturated heterocycles. The highest BCUT2D eigenvalue weighted by Crippen LogP contribution is 2.54. The summed E-state index contributed by atoms with van der Waals surface area (Å²) in [4.78, 5) is 10.0. The number of morpholine rings is 1. The Morgan fingerprint density at radius 1 is 0.227 bits per heavy atom. The fraction of sp³-hybridized carbons (Fsp3) is 1.00. The minimum atomic E-state index is 0.565. The van der Waals surface area contributed by atoms with Gasteiger partial charge in [0.1, 0.15) is 0 Å². The molecule has 1 aliphatic carbocycles. The second-order valence-electron chi connectivity index (χ2n) is 35.1. The highest BCUT2D eigenvalue weighted by Gasteiger charge is 2.45. The van der Waals surface area contributed by atoms with Crippen LogP contribution in [0.4, 0.5) is 0 Å². The minimum Gasteiger partial charge on any atom is -0.381 e. The fourth-order valence-corrected chi connectivity index (χ4v) is 15.4. The molecule has 12 aliphatic rings. The molecule has 0 aromatic carbocycles. The lowest BCUT2D eigenvalue weighted by atomic mass is 9.55. The quantitative estimate of drug-likeness (QED) is 0.118. The van der Waals surface area contributed by atoms with E-state index in [1.807, 2.05) is 152 Å². The van der Waals surface area contributed by atoms with Gasteiger partial charge in [0.25, 0.3) is 0 Å². The Labute approximate surface area is 758 Å². The number of hydrogen-bond donors (Lipinski definition) is 6. The number of ether oxygens (including phenoxy) is 3. The zero-order valence-electron chi connectivity index (χ0n) is 91.3. The molecule has 0 aromatic rings. The topological polar surface area (TPSA) is 113 Å². The Balaban J connectivity index is -0.000000134. The normalized spacial score (nSPS) is 21.3. The number of piperazine rings is 1. The Morgan fingerprint density at radius 2 is 0.529 bits per heavy atom. The van der Waals surface area contributed by atoms with Crippen molar-refractivity contribution >= 4 is 0 Å². The van der Waals surface area contributed by atoms with Crippen molar-refractivity contribution in [2.45, 2.75) is 450 Å². The van der Waals surface area contributed by atoms with Gasteiger partial charge in [-0.3, -0.25) is 9.80 Å². The Kier molecular flexibility index (Phi) is 122. The number of likely N-dealkylation sites (tertiary alicyclic amines) is 2. The van der Waals surface area contributed by atoms with Gasteiger partial charge >= 0.3 is 0 Å². The molecule has 11 heterocycles. The zero-order valence-corrected chi connectivity index (χ0v) is 91.3. The van der Waals surface area contributed by atoms with Crippen molar-refractivity contribution in [3.05, 3.63) is 0 Å². The largest absolute Gasteiger partial charge is 0.381 e. The summed E-state index contributed by atoms with van der Waals surface area (Å²) in [6.45, 7) is 124. The highest BCUT2D eigenvalue weighted by molar-refractivity contribution is 4.97. The predicted octanol–water partition coefficient (Wildman–Crippen LogP) is 27.4. The molecule has 3 atom stereocenters. The average molecular weight is 1710 g/mol. The molecule has 3 unspecified atom stereocenters. The third-order valence-corrected chi connectivity index (χ3v) is 24.0. The third-order valence-electron chi connectivity index (χ3n) is 24.0. The number of nitrogens with zero attached hydrogens (tertiary/aromatic N) is 4. The van der Waals surface area contributed by atoms with Crippen molar-refractivity contribution in [1.29, 1.82) is 0 Å². The van der Waals surface area contributed by atoms with Crippen LogP contribution in [0.15, 0.2) is 0 Å². The van der Waals surface area contributed by atoms with E-state index in [2.05, 4.69) is 204 Å². The Morgan fingerprint density at radius 3 is 0.773 bits per heavy atom. The van der Waals surface area contributed by atoms with E-state index in [1.54, 1.807) is 0 Å². The Bertz CT molecular complexity index is 1480. The summed E-state index contributed by atoms with van der Waals surface area (Å²) in [5.74, 6) is 11.9. The van der Waals surface area contributed by atoms with Crippen LogP contribution in [0.1, 0.15) is 420 Å². The molecule has 11 aliphatic heterocycles. The smallest absolute Gasteiger partial charge is 0.0598 e. The van der Waals surface area contributed by atoms with Gasteiger partial charge in [-0.15, -0.1) is 0 Å². The van der Waals surface area contributed by atoms with Gasteiger partial charge in [-0.05, 0) is 339 Å². The zero-order chi connectivity index (χ0) is 94.0. The monoisotopic (exact) mass is 1700 g/mol. The van der Waals surface area contributed by atoms with E-state index in [0.717, 1.165) is 160 Å². The maximum atomic E-state index is 5.41. The van der Waals surface area contributed by atoms with E-state index in [4.69, 9.17) is 14.2 Å². The van der Waals surface area contributed by atoms with Crippen LogP contribution in [-0.2, 0) is 14.2 Å². The molecular formula is C106H242N10O3. The van der Waals surface area contributed by atoms with Crippen molar-refractivity contribution in [3.8, 4) is 0 Å². The first kappa shape index (κ1) is 139. The van der Waals surface area contributed by atoms with Gasteiger partial charge in [0.15, 0.2) is 0 Å². The van der Waals surface area contributed by atoms with E-state index in [0.29, 0.717) is 12.1 Å². The second-order valence-corrected chi connectivity index (χ2v) is 35.1. The van der Waals surface area contributed by atoms with Crippen molar-refractivity contribution in [2.75, 3.05) is 164 Å². The predicted molar refractivity (Wildman–Crippen MR) is 551 cm³/mol. The molecule has 6 N–H and O–H groups in total. The van der Waals surface area contributed by atoms with Crippen molar-refractivity contribution in [3.63, 3.8) is 0 Å². The number of piperidine rings is 4. The van der Waals surface area contributed by atoms with Crippen LogP contribution in [0.25, 0.3) is 0 Å². The minimum absolute atomic E-state index is 0.565. The molecule has 119 heavy (non-hydrogen) atoms. The van der Waals surface area contributed by atoms with Gasteiger partial charge in [0, 0.05) is 83.3 Å². The van der Waals surface area contributed by atoms with Gasteiger partial charge in [0.05, 0.1) is 19.3 Å². The molecular weight excluding hydrogens is 1460 g/mol. The molecule has 0 amide bonds. The van der Waals surface area contributed by atoms with Gasteiger partial charge < -0.3 is 55.9 Å². The molecule has 0 bridgehead atoms. The van der Waals surface area contributed by atoms with E-state index < -0.39 is 0 Å².